The second-order valence-electron chi connectivity index (χ2n) is 6.45. The van der Waals surface area contributed by atoms with Gasteiger partial charge in [-0.1, -0.05) is 14.9 Å². The molecule has 0 radical (unpaired) electrons. The van der Waals surface area contributed by atoms with E-state index in [-0.39, 0.29) is 38.2 Å². The van der Waals surface area contributed by atoms with Crippen molar-refractivity contribution in [2.24, 2.45) is 17.2 Å². The van der Waals surface area contributed by atoms with Crippen LogP contribution in [0.15, 0.2) is 0 Å². The van der Waals surface area contributed by atoms with E-state index in [4.69, 9.17) is 10.6 Å². The van der Waals surface area contributed by atoms with Gasteiger partial charge >= 0.3 is 6.09 Å². The fourth-order valence-electron chi connectivity index (χ4n) is 2.77. The van der Waals surface area contributed by atoms with E-state index in [1.54, 1.807) is 4.90 Å². The van der Waals surface area contributed by atoms with Gasteiger partial charge in [-0.25, -0.2) is 10.6 Å². The second-order valence-corrected chi connectivity index (χ2v) is 6.45. The van der Waals surface area contributed by atoms with Crippen molar-refractivity contribution in [3.05, 3.63) is 0 Å². The number of hydrogen-bond acceptors (Lipinski definition) is 4. The lowest BCUT2D eigenvalue weighted by Crippen LogP contribution is -2.65. The maximum absolute atomic E-state index is 11.7. The number of rotatable bonds is 1. The average Bonchev–Trinajstić information content (AvgIpc) is 2.09. The van der Waals surface area contributed by atoms with Gasteiger partial charge in [-0.05, 0) is 33.6 Å². The number of likely N-dealkylation sites (tertiary alicyclic amines) is 1. The minimum absolute atomic E-state index is 0. The minimum atomic E-state index is -0.457. The molecule has 6 heteroatoms. The van der Waals surface area contributed by atoms with Crippen LogP contribution in [0.3, 0.4) is 0 Å². The van der Waals surface area contributed by atoms with Gasteiger partial charge < -0.3 is 9.64 Å². The van der Waals surface area contributed by atoms with Crippen molar-refractivity contribution >= 4 is 12.0 Å². The largest absolute Gasteiger partial charge is 0.444 e. The van der Waals surface area contributed by atoms with Gasteiger partial charge in [-0.3, -0.25) is 10.2 Å². The van der Waals surface area contributed by atoms with Gasteiger partial charge in [-0.2, -0.15) is 0 Å². The molecule has 2 rings (SSSR count). The highest BCUT2D eigenvalue weighted by atomic mass is 16.6. The molecular weight excluding hydrogens is 258 g/mol. The van der Waals surface area contributed by atoms with Crippen LogP contribution in [-0.2, 0) is 9.53 Å². The predicted molar refractivity (Wildman–Crippen MR) is 78.8 cm³/mol. The minimum Gasteiger partial charge on any atom is -0.444 e. The first-order valence-corrected chi connectivity index (χ1v) is 6.23. The van der Waals surface area contributed by atoms with E-state index in [0.29, 0.717) is 13.1 Å². The average molecular weight is 287 g/mol. The van der Waals surface area contributed by atoms with Crippen LogP contribution < -0.4 is 11.3 Å². The van der Waals surface area contributed by atoms with Gasteiger partial charge in [0.05, 0.1) is 0 Å². The van der Waals surface area contributed by atoms with Crippen LogP contribution in [0.1, 0.15) is 48.5 Å². The van der Waals surface area contributed by atoms with Gasteiger partial charge in [0.25, 0.3) is 0 Å². The molecule has 0 bridgehead atoms. The Labute approximate surface area is 122 Å². The lowest BCUT2D eigenvalue weighted by Gasteiger charge is -2.58. The molecule has 1 saturated carbocycles. The Morgan fingerprint density at radius 3 is 2.15 bits per heavy atom. The van der Waals surface area contributed by atoms with Gasteiger partial charge in [-0.15, -0.1) is 0 Å². The number of nitrogens with zero attached hydrogens (tertiary/aromatic N) is 1. The first kappa shape index (κ1) is 18.7. The molecule has 0 aromatic heterocycles. The molecule has 2 amide bonds. The number of amides is 2. The first-order chi connectivity index (χ1) is 8.25. The van der Waals surface area contributed by atoms with E-state index in [1.807, 2.05) is 20.8 Å². The third-order valence-corrected chi connectivity index (χ3v) is 3.58. The van der Waals surface area contributed by atoms with Crippen LogP contribution in [-0.4, -0.2) is 35.6 Å². The molecular formula is C14H29N3O3. The maximum atomic E-state index is 11.7. The Morgan fingerprint density at radius 2 is 1.75 bits per heavy atom. The summed E-state index contributed by atoms with van der Waals surface area (Å²) in [7, 11) is 0. The zero-order chi connectivity index (χ0) is 13.6. The standard InChI is InChI=1S/C12H21N3O3.2CH4/c1-11(2,3)18-10(17)15-6-12(7-15)4-8(5-12)9(16)14-13;;/h8H,4-7,13H2,1-3H3,(H,14,16);2*1H4. The summed E-state index contributed by atoms with van der Waals surface area (Å²) < 4.78 is 5.29. The smallest absolute Gasteiger partial charge is 0.410 e. The Balaban J connectivity index is 0.00000180. The molecule has 1 saturated heterocycles. The number of ether oxygens (including phenoxy) is 1. The number of hydrogen-bond donors (Lipinski definition) is 2. The van der Waals surface area contributed by atoms with Crippen LogP contribution in [0.2, 0.25) is 0 Å². The molecule has 1 spiro atoms. The summed E-state index contributed by atoms with van der Waals surface area (Å²) in [5, 5.41) is 0. The van der Waals surface area contributed by atoms with Gasteiger partial charge in [0.15, 0.2) is 0 Å². The highest BCUT2D eigenvalue weighted by Gasteiger charge is 2.56. The van der Waals surface area contributed by atoms with E-state index in [1.165, 1.54) is 0 Å². The quantitative estimate of drug-likeness (QED) is 0.438. The number of hydrazine groups is 1. The molecule has 1 heterocycles. The fourth-order valence-corrected chi connectivity index (χ4v) is 2.77. The normalized spacial score (nSPS) is 19.9. The van der Waals surface area contributed by atoms with E-state index >= 15 is 0 Å². The van der Waals surface area contributed by atoms with E-state index < -0.39 is 5.60 Å². The summed E-state index contributed by atoms with van der Waals surface area (Å²) in [6.07, 6.45) is 1.37. The number of nitrogens with two attached hydrogens (primary N) is 1. The van der Waals surface area contributed by atoms with Crippen molar-refractivity contribution in [2.75, 3.05) is 13.1 Å². The lowest BCUT2D eigenvalue weighted by atomic mass is 9.57. The Morgan fingerprint density at radius 1 is 1.25 bits per heavy atom. The van der Waals surface area contributed by atoms with E-state index in [9.17, 15) is 9.59 Å². The third kappa shape index (κ3) is 3.62. The number of nitrogens with one attached hydrogen (secondary N) is 1. The lowest BCUT2D eigenvalue weighted by molar-refractivity contribution is -0.142. The van der Waals surface area contributed by atoms with Crippen molar-refractivity contribution in [3.8, 4) is 0 Å². The molecule has 20 heavy (non-hydrogen) atoms. The molecule has 3 N–H and O–H groups in total. The summed E-state index contributed by atoms with van der Waals surface area (Å²) in [6, 6.07) is 0. The van der Waals surface area contributed by atoms with Crippen LogP contribution in [0.5, 0.6) is 0 Å². The van der Waals surface area contributed by atoms with Crippen molar-refractivity contribution < 1.29 is 14.3 Å². The SMILES string of the molecule is C.C.CC(C)(C)OC(=O)N1CC2(CC(C(=O)NN)C2)C1. The van der Waals surface area contributed by atoms with Crippen molar-refractivity contribution in [3.63, 3.8) is 0 Å². The van der Waals surface area contributed by atoms with Gasteiger partial charge in [0.2, 0.25) is 5.91 Å². The molecule has 1 aliphatic carbocycles. The van der Waals surface area contributed by atoms with Gasteiger partial charge in [0.1, 0.15) is 5.60 Å². The molecule has 6 nitrogen and oxygen atoms in total. The van der Waals surface area contributed by atoms with E-state index in [2.05, 4.69) is 5.43 Å². The fraction of sp³-hybridized carbons (Fsp3) is 0.857. The summed E-state index contributed by atoms with van der Waals surface area (Å²) in [6.45, 7) is 6.94. The highest BCUT2D eigenvalue weighted by Crippen LogP contribution is 2.52. The first-order valence-electron chi connectivity index (χ1n) is 6.23. The highest BCUT2D eigenvalue weighted by molar-refractivity contribution is 5.79. The Hall–Kier alpha value is -1.30. The van der Waals surface area contributed by atoms with E-state index in [0.717, 1.165) is 12.8 Å². The topological polar surface area (TPSA) is 84.7 Å². The van der Waals surface area contributed by atoms with Crippen molar-refractivity contribution in [1.29, 1.82) is 0 Å². The Bertz CT molecular complexity index is 362. The maximum Gasteiger partial charge on any atom is 0.410 e. The molecule has 0 aromatic carbocycles. The van der Waals surface area contributed by atoms with Crippen LogP contribution >= 0.6 is 0 Å². The van der Waals surface area contributed by atoms with Crippen LogP contribution in [0.4, 0.5) is 4.79 Å². The number of carbonyl (C=O) groups excluding carboxylic acids is 2. The van der Waals surface area contributed by atoms with Crippen molar-refractivity contribution in [1.82, 2.24) is 10.3 Å². The molecule has 2 aliphatic rings. The second kappa shape index (κ2) is 5.99. The molecule has 0 aromatic rings. The zero-order valence-corrected chi connectivity index (χ0v) is 11.2. The third-order valence-electron chi connectivity index (χ3n) is 3.58. The molecule has 0 unspecified atom stereocenters. The summed E-state index contributed by atoms with van der Waals surface area (Å²) in [5.74, 6) is 5.00. The molecule has 0 atom stereocenters. The molecule has 118 valence electrons. The molecule has 2 fully saturated rings. The predicted octanol–water partition coefficient (Wildman–Crippen LogP) is 1.90. The zero-order valence-electron chi connectivity index (χ0n) is 11.2. The molecule has 1 aliphatic heterocycles. The summed E-state index contributed by atoms with van der Waals surface area (Å²) >= 11 is 0. The Kier molecular flexibility index (Phi) is 5.60. The summed E-state index contributed by atoms with van der Waals surface area (Å²) in [4.78, 5) is 24.7. The monoisotopic (exact) mass is 287 g/mol. The van der Waals surface area contributed by atoms with Gasteiger partial charge in [0, 0.05) is 24.4 Å². The van der Waals surface area contributed by atoms with Crippen LogP contribution in [0.25, 0.3) is 0 Å². The van der Waals surface area contributed by atoms with Crippen LogP contribution in [0, 0.1) is 11.3 Å². The summed E-state index contributed by atoms with van der Waals surface area (Å²) in [5.41, 5.74) is 1.85. The number of carbonyl (C=O) groups is 2. The van der Waals surface area contributed by atoms with Crippen molar-refractivity contribution in [2.45, 2.75) is 54.1 Å².